The van der Waals surface area contributed by atoms with Crippen LogP contribution in [0.4, 0.5) is 0 Å². The summed E-state index contributed by atoms with van der Waals surface area (Å²) >= 11 is 0. The van der Waals surface area contributed by atoms with Crippen LogP contribution in [-0.2, 0) is 0 Å². The second-order valence-electron chi connectivity index (χ2n) is 24.3. The predicted molar refractivity (Wildman–Crippen MR) is 381 cm³/mol. The molecule has 7 heterocycles. The third kappa shape index (κ3) is 6.40. The van der Waals surface area contributed by atoms with Crippen molar-refractivity contribution in [3.8, 4) is 28.2 Å². The first-order chi connectivity index (χ1) is 45.2. The van der Waals surface area contributed by atoms with Crippen molar-refractivity contribution in [1.29, 1.82) is 0 Å². The second-order valence-corrected chi connectivity index (χ2v) is 24.3. The highest BCUT2D eigenvalue weighted by Gasteiger charge is 2.27. The molecule has 422 valence electrons. The quantitative estimate of drug-likeness (QED) is 0.168. The van der Waals surface area contributed by atoms with Gasteiger partial charge in [0, 0.05) is 70.9 Å². The van der Waals surface area contributed by atoms with Gasteiger partial charge in [-0.15, -0.1) is 0 Å². The number of nitrogens with zero attached hydrogens (tertiary/aromatic N) is 7. The maximum Gasteiger partial charge on any atom is 0.0795 e. The van der Waals surface area contributed by atoms with E-state index in [4.69, 9.17) is 0 Å². The lowest BCUT2D eigenvalue weighted by molar-refractivity contribution is 1.13. The Bertz CT molecular complexity index is 6660. The van der Waals surface area contributed by atoms with E-state index in [-0.39, 0.29) is 0 Å². The lowest BCUT2D eigenvalue weighted by Crippen LogP contribution is -2.01. The Morgan fingerprint density at radius 3 is 0.923 bits per heavy atom. The highest BCUT2D eigenvalue weighted by Crippen LogP contribution is 2.49. The molecule has 14 aromatic carbocycles. The molecule has 0 saturated carbocycles. The van der Waals surface area contributed by atoms with E-state index in [1.54, 1.807) is 0 Å². The normalized spacial score (nSPS) is 12.4. The van der Waals surface area contributed by atoms with E-state index in [1.807, 2.05) is 0 Å². The summed E-state index contributed by atoms with van der Waals surface area (Å²) in [6.07, 6.45) is 0. The summed E-state index contributed by atoms with van der Waals surface area (Å²) in [6, 6.07) is 115. The first-order valence-electron chi connectivity index (χ1n) is 31.4. The van der Waals surface area contributed by atoms with Crippen LogP contribution in [0, 0.1) is 0 Å². The molecule has 0 radical (unpaired) electrons. The molecule has 21 aromatic rings. The minimum absolute atomic E-state index is 1.06. The first kappa shape index (κ1) is 48.8. The average molecular weight is 1160 g/mol. The Hall–Kier alpha value is -12.3. The highest BCUT2D eigenvalue weighted by molar-refractivity contribution is 6.31. The molecule has 0 saturated heterocycles. The van der Waals surface area contributed by atoms with Crippen LogP contribution in [0.15, 0.2) is 309 Å². The van der Waals surface area contributed by atoms with Crippen LogP contribution in [-0.4, -0.2) is 31.3 Å². The summed E-state index contributed by atoms with van der Waals surface area (Å²) < 4.78 is 17.6. The van der Waals surface area contributed by atoms with Gasteiger partial charge in [0.2, 0.25) is 0 Å². The van der Waals surface area contributed by atoms with E-state index in [0.29, 0.717) is 0 Å². The third-order valence-electron chi connectivity index (χ3n) is 19.9. The van der Waals surface area contributed by atoms with Crippen molar-refractivity contribution in [2.45, 2.75) is 0 Å². The van der Waals surface area contributed by atoms with Gasteiger partial charge in [-0.05, 0) is 139 Å². The number of benzene rings is 14. The van der Waals surface area contributed by atoms with Crippen LogP contribution in [0.2, 0.25) is 0 Å². The van der Waals surface area contributed by atoms with Gasteiger partial charge in [0.05, 0.1) is 99.3 Å². The minimum Gasteiger partial charge on any atom is -0.309 e. The molecule has 91 heavy (non-hydrogen) atoms. The van der Waals surface area contributed by atoms with Crippen molar-refractivity contribution >= 4 is 153 Å². The molecule has 0 aliphatic heterocycles. The number of para-hydroxylation sites is 14. The predicted octanol–water partition coefficient (Wildman–Crippen LogP) is 21.7. The van der Waals surface area contributed by atoms with Gasteiger partial charge in [-0.2, -0.15) is 0 Å². The Kier molecular flexibility index (Phi) is 9.72. The molecule has 0 spiro atoms. The fourth-order valence-electron chi connectivity index (χ4n) is 16.3. The largest absolute Gasteiger partial charge is 0.309 e. The zero-order chi connectivity index (χ0) is 59.2. The van der Waals surface area contributed by atoms with Crippen LogP contribution < -0.4 is 0 Å². The lowest BCUT2D eigenvalue weighted by Gasteiger charge is -2.15. The minimum atomic E-state index is 1.06. The van der Waals surface area contributed by atoms with E-state index in [9.17, 15) is 0 Å². The molecule has 0 aliphatic carbocycles. The van der Waals surface area contributed by atoms with Crippen molar-refractivity contribution in [3.05, 3.63) is 309 Å². The van der Waals surface area contributed by atoms with Crippen LogP contribution in [0.25, 0.3) is 181 Å². The number of hydrogen-bond acceptors (Lipinski definition) is 0. The van der Waals surface area contributed by atoms with E-state index >= 15 is 0 Å². The maximum absolute atomic E-state index is 2.57. The number of hydrogen-bond donors (Lipinski definition) is 0. The Balaban J connectivity index is 0.860. The molecule has 0 fully saturated rings. The molecule has 7 nitrogen and oxygen atoms in total. The SMILES string of the molecule is c1ccc(-n2c3ccccc3n3c4ccccc4c4cc(-c5cccc6c5c5ccccc5n6-c5ccc(-n6c7ccccc7n7c8ccccc8c8ccc9c%10ccccc%10n(c%10ccccc%106)c9c87)cc5)c5c6ccccc6n(c6ccccc62)c5c43)cc1. The fourth-order valence-corrected chi connectivity index (χ4v) is 16.3. The van der Waals surface area contributed by atoms with Gasteiger partial charge >= 0.3 is 0 Å². The summed E-state index contributed by atoms with van der Waals surface area (Å²) in [7, 11) is 0. The Morgan fingerprint density at radius 2 is 0.462 bits per heavy atom. The first-order valence-corrected chi connectivity index (χ1v) is 31.4. The molecule has 0 unspecified atom stereocenters. The van der Waals surface area contributed by atoms with E-state index < -0.39 is 0 Å². The van der Waals surface area contributed by atoms with Crippen LogP contribution in [0.1, 0.15) is 0 Å². The number of aromatic nitrogens is 7. The van der Waals surface area contributed by atoms with Crippen molar-refractivity contribution in [2.24, 2.45) is 0 Å². The van der Waals surface area contributed by atoms with Gasteiger partial charge in [-0.3, -0.25) is 0 Å². The van der Waals surface area contributed by atoms with Gasteiger partial charge in [0.15, 0.2) is 0 Å². The Morgan fingerprint density at radius 1 is 0.154 bits per heavy atom. The van der Waals surface area contributed by atoms with E-state index in [1.165, 1.54) is 98.1 Å². The van der Waals surface area contributed by atoms with Crippen molar-refractivity contribution in [3.63, 3.8) is 0 Å². The van der Waals surface area contributed by atoms with Crippen LogP contribution in [0.5, 0.6) is 0 Å². The highest BCUT2D eigenvalue weighted by atomic mass is 15.1. The zero-order valence-electron chi connectivity index (χ0n) is 49.1. The summed E-state index contributed by atoms with van der Waals surface area (Å²) in [5.74, 6) is 0. The van der Waals surface area contributed by atoms with Gasteiger partial charge in [-0.1, -0.05) is 182 Å². The molecule has 0 atom stereocenters. The molecule has 21 rings (SSSR count). The van der Waals surface area contributed by atoms with Crippen LogP contribution in [0.3, 0.4) is 0 Å². The Labute approximate surface area is 519 Å². The molecular weight excluding hydrogens is 1110 g/mol. The van der Waals surface area contributed by atoms with Gasteiger partial charge in [-0.25, -0.2) is 0 Å². The maximum atomic E-state index is 2.57. The van der Waals surface area contributed by atoms with Gasteiger partial charge in [0.25, 0.3) is 0 Å². The van der Waals surface area contributed by atoms with Gasteiger partial charge < -0.3 is 31.3 Å². The molecule has 7 heteroatoms. The standard InChI is InChI=1S/C84H51N7/c1-2-23-52(24-3-1)86-70-36-14-20-42-76(70)90-67-33-11-6-27-57(67)64-51-63(80-62-29-8-13-35-69(62)91(84(80)83(64)90)77-43-21-17-39-73(77)86)58-30-22-44-78-79(58)61-28-7-12-34-68(61)85(78)53-45-47-54(48-46-53)87-71-37-15-18-40-74(71)88-65-31-9-4-25-55(65)59-49-50-60-56-26-5-10-32-66(56)89(82(60)81(59)88)75-41-19-16-38-72(75)87/h1-51H. The topological polar surface area (TPSA) is 32.4 Å². The lowest BCUT2D eigenvalue weighted by atomic mass is 9.93. The smallest absolute Gasteiger partial charge is 0.0795 e. The zero-order valence-corrected chi connectivity index (χ0v) is 49.1. The molecule has 0 bridgehead atoms. The molecule has 7 aromatic heterocycles. The van der Waals surface area contributed by atoms with Crippen molar-refractivity contribution in [2.75, 3.05) is 0 Å². The van der Waals surface area contributed by atoms with E-state index in [2.05, 4.69) is 341 Å². The molecular formula is C84H51N7. The fraction of sp³-hybridized carbons (Fsp3) is 0. The molecule has 0 amide bonds. The summed E-state index contributed by atoms with van der Waals surface area (Å²) in [5.41, 5.74) is 26.2. The van der Waals surface area contributed by atoms with Crippen molar-refractivity contribution in [1.82, 2.24) is 31.3 Å². The van der Waals surface area contributed by atoms with Crippen molar-refractivity contribution < 1.29 is 0 Å². The second kappa shape index (κ2) is 18.1. The molecule has 0 N–H and O–H groups in total. The van der Waals surface area contributed by atoms with Crippen LogP contribution >= 0.6 is 0 Å². The third-order valence-corrected chi connectivity index (χ3v) is 19.9. The summed E-state index contributed by atoms with van der Waals surface area (Å²) in [4.78, 5) is 0. The number of fused-ring (bicyclic) bond motifs is 23. The average Bonchev–Trinajstić information content (AvgIpc) is 1.54. The van der Waals surface area contributed by atoms with E-state index in [0.717, 1.165) is 83.3 Å². The van der Waals surface area contributed by atoms with Gasteiger partial charge in [0.1, 0.15) is 0 Å². The molecule has 0 aliphatic rings. The summed E-state index contributed by atoms with van der Waals surface area (Å²) in [5, 5.41) is 12.2. The number of rotatable bonds is 4. The monoisotopic (exact) mass is 1160 g/mol. The summed E-state index contributed by atoms with van der Waals surface area (Å²) in [6.45, 7) is 0.